The van der Waals surface area contributed by atoms with Gasteiger partial charge in [-0.05, 0) is 26.0 Å². The normalized spacial score (nSPS) is 12.2. The highest BCUT2D eigenvalue weighted by Crippen LogP contribution is 2.31. The van der Waals surface area contributed by atoms with Crippen LogP contribution in [0, 0.1) is 0 Å². The third-order valence-electron chi connectivity index (χ3n) is 5.65. The highest BCUT2D eigenvalue weighted by molar-refractivity contribution is 6.61. The average Bonchev–Trinajstić information content (AvgIpc) is 3.25. The number of hydrogen-bond donors (Lipinski definition) is 2. The Morgan fingerprint density at radius 3 is 2.29 bits per heavy atom. The molecule has 5 aromatic rings. The minimum Gasteiger partial charge on any atom is -0.456 e. The maximum absolute atomic E-state index is 9.73. The Labute approximate surface area is 197 Å². The lowest BCUT2D eigenvalue weighted by Crippen LogP contribution is -2.29. The molecule has 0 unspecified atom stereocenters. The summed E-state index contributed by atoms with van der Waals surface area (Å²) in [6.45, 7) is 3.91. The monoisotopic (exact) mass is 447 g/mol. The first kappa shape index (κ1) is 21.8. The molecule has 6 nitrogen and oxygen atoms in total. The molecular formula is C27H22BN3O3. The van der Waals surface area contributed by atoms with Gasteiger partial charge in [-0.3, -0.25) is 0 Å². The van der Waals surface area contributed by atoms with Gasteiger partial charge >= 0.3 is 7.12 Å². The second kappa shape index (κ2) is 9.06. The molecule has 7 heteroatoms. The van der Waals surface area contributed by atoms with Crippen LogP contribution in [-0.2, 0) is 0 Å². The summed E-state index contributed by atoms with van der Waals surface area (Å²) in [7, 11) is -1.62. The first-order valence-electron chi connectivity index (χ1n) is 11.0. The molecule has 2 aromatic heterocycles. The molecular weight excluding hydrogens is 425 g/mol. The number of benzene rings is 3. The van der Waals surface area contributed by atoms with Crippen molar-refractivity contribution in [3.8, 4) is 22.8 Å². The lowest BCUT2D eigenvalue weighted by Gasteiger charge is -2.08. The van der Waals surface area contributed by atoms with Crippen LogP contribution in [0.25, 0.3) is 50.3 Å². The molecule has 0 radical (unpaired) electrons. The molecule has 0 fully saturated rings. The first-order chi connectivity index (χ1) is 16.6. The fourth-order valence-corrected chi connectivity index (χ4v) is 3.99. The summed E-state index contributed by atoms with van der Waals surface area (Å²) < 4.78 is 6.05. The summed E-state index contributed by atoms with van der Waals surface area (Å²) in [4.78, 5) is 14.3. The number of allylic oxidation sites excluding steroid dienone is 4. The highest BCUT2D eigenvalue weighted by atomic mass is 16.4. The fraction of sp³-hybridized carbons (Fsp3) is 0.0741. The topological polar surface area (TPSA) is 92.3 Å². The first-order valence-corrected chi connectivity index (χ1v) is 11.0. The van der Waals surface area contributed by atoms with Crippen molar-refractivity contribution in [2.45, 2.75) is 13.8 Å². The SMILES string of the molecule is C/C=C\C(=C/C)c1nc(-c2ccccc2)nc(-c2ccc3c(c2)oc2c(B(O)O)cccc23)n1. The molecule has 5 rings (SSSR count). The lowest BCUT2D eigenvalue weighted by molar-refractivity contribution is 0.425. The summed E-state index contributed by atoms with van der Waals surface area (Å²) in [5, 5.41) is 21.1. The molecule has 0 saturated carbocycles. The van der Waals surface area contributed by atoms with Crippen molar-refractivity contribution < 1.29 is 14.5 Å². The van der Waals surface area contributed by atoms with Gasteiger partial charge in [-0.25, -0.2) is 15.0 Å². The molecule has 0 aliphatic rings. The van der Waals surface area contributed by atoms with Crippen LogP contribution < -0.4 is 5.46 Å². The van der Waals surface area contributed by atoms with E-state index in [2.05, 4.69) is 0 Å². The Morgan fingerprint density at radius 2 is 1.59 bits per heavy atom. The molecule has 0 saturated heterocycles. The van der Waals surface area contributed by atoms with Gasteiger partial charge < -0.3 is 14.5 Å². The van der Waals surface area contributed by atoms with Gasteiger partial charge in [0.05, 0.1) is 0 Å². The molecule has 2 N–H and O–H groups in total. The minimum atomic E-state index is -1.62. The predicted molar refractivity (Wildman–Crippen MR) is 136 cm³/mol. The summed E-state index contributed by atoms with van der Waals surface area (Å²) in [5.41, 5.74) is 3.96. The summed E-state index contributed by atoms with van der Waals surface area (Å²) >= 11 is 0. The van der Waals surface area contributed by atoms with Crippen molar-refractivity contribution in [3.63, 3.8) is 0 Å². The second-order valence-corrected chi connectivity index (χ2v) is 7.83. The van der Waals surface area contributed by atoms with Crippen LogP contribution in [0.1, 0.15) is 19.7 Å². The van der Waals surface area contributed by atoms with Crippen LogP contribution >= 0.6 is 0 Å². The van der Waals surface area contributed by atoms with Gasteiger partial charge in [-0.2, -0.15) is 0 Å². The van der Waals surface area contributed by atoms with Gasteiger partial charge in [0, 0.05) is 32.9 Å². The van der Waals surface area contributed by atoms with E-state index in [0.29, 0.717) is 34.1 Å². The molecule has 34 heavy (non-hydrogen) atoms. The van der Waals surface area contributed by atoms with Crippen LogP contribution in [0.4, 0.5) is 0 Å². The molecule has 0 aliphatic heterocycles. The largest absolute Gasteiger partial charge is 0.492 e. The van der Waals surface area contributed by atoms with Crippen molar-refractivity contribution in [3.05, 3.63) is 90.8 Å². The Hall–Kier alpha value is -4.07. The van der Waals surface area contributed by atoms with Gasteiger partial charge in [0.2, 0.25) is 0 Å². The van der Waals surface area contributed by atoms with Gasteiger partial charge in [0.25, 0.3) is 0 Å². The summed E-state index contributed by atoms with van der Waals surface area (Å²) in [6, 6.07) is 20.9. The molecule has 0 aliphatic carbocycles. The number of aromatic nitrogens is 3. The number of furan rings is 1. The van der Waals surface area contributed by atoms with E-state index in [1.807, 2.05) is 86.7 Å². The van der Waals surface area contributed by atoms with Crippen molar-refractivity contribution >= 4 is 40.1 Å². The Morgan fingerprint density at radius 1 is 0.824 bits per heavy atom. The van der Waals surface area contributed by atoms with E-state index in [9.17, 15) is 10.0 Å². The van der Waals surface area contributed by atoms with Gasteiger partial charge in [0.15, 0.2) is 17.5 Å². The van der Waals surface area contributed by atoms with Gasteiger partial charge in [-0.1, -0.05) is 72.8 Å². The molecule has 0 bridgehead atoms. The van der Waals surface area contributed by atoms with Crippen LogP contribution in [0.2, 0.25) is 0 Å². The van der Waals surface area contributed by atoms with E-state index in [-0.39, 0.29) is 0 Å². The van der Waals surface area contributed by atoms with E-state index < -0.39 is 7.12 Å². The van der Waals surface area contributed by atoms with E-state index in [1.165, 1.54) is 0 Å². The van der Waals surface area contributed by atoms with E-state index >= 15 is 0 Å². The quantitative estimate of drug-likeness (QED) is 0.298. The molecule has 166 valence electrons. The van der Waals surface area contributed by atoms with Crippen LogP contribution in [0.3, 0.4) is 0 Å². The van der Waals surface area contributed by atoms with Crippen LogP contribution in [0.5, 0.6) is 0 Å². The van der Waals surface area contributed by atoms with Crippen molar-refractivity contribution in [1.82, 2.24) is 15.0 Å². The average molecular weight is 447 g/mol. The third-order valence-corrected chi connectivity index (χ3v) is 5.65. The summed E-state index contributed by atoms with van der Waals surface area (Å²) in [5.74, 6) is 1.69. The zero-order valence-corrected chi connectivity index (χ0v) is 18.8. The molecule has 0 spiro atoms. The smallest absolute Gasteiger partial charge is 0.456 e. The number of hydrogen-bond acceptors (Lipinski definition) is 6. The number of para-hydroxylation sites is 1. The molecule has 3 aromatic carbocycles. The number of rotatable bonds is 5. The minimum absolute atomic E-state index is 0.327. The van der Waals surface area contributed by atoms with E-state index in [1.54, 1.807) is 12.1 Å². The fourth-order valence-electron chi connectivity index (χ4n) is 3.99. The second-order valence-electron chi connectivity index (χ2n) is 7.83. The number of fused-ring (bicyclic) bond motifs is 3. The maximum Gasteiger partial charge on any atom is 0.492 e. The van der Waals surface area contributed by atoms with E-state index in [0.717, 1.165) is 27.5 Å². The van der Waals surface area contributed by atoms with Crippen LogP contribution in [0.15, 0.2) is 89.4 Å². The van der Waals surface area contributed by atoms with Crippen molar-refractivity contribution in [2.75, 3.05) is 0 Å². The number of nitrogens with zero attached hydrogens (tertiary/aromatic N) is 3. The zero-order valence-electron chi connectivity index (χ0n) is 18.8. The van der Waals surface area contributed by atoms with Gasteiger partial charge in [-0.15, -0.1) is 0 Å². The molecule has 0 atom stereocenters. The van der Waals surface area contributed by atoms with Crippen molar-refractivity contribution in [2.24, 2.45) is 0 Å². The standard InChI is InChI=1S/C27H22BN3O3/c1-3-9-17(4-2)25-29-26(18-10-6-5-7-11-18)31-27(30-25)19-14-15-20-21-12-8-13-22(28(32)33)24(21)34-23(20)16-19/h3-16,32-33H,1-2H3/b9-3-,17-4+. The zero-order chi connectivity index (χ0) is 23.7. The molecule has 2 heterocycles. The Balaban J connectivity index is 1.71. The Bertz CT molecular complexity index is 1560. The van der Waals surface area contributed by atoms with Crippen LogP contribution in [-0.4, -0.2) is 32.1 Å². The highest BCUT2D eigenvalue weighted by Gasteiger charge is 2.20. The predicted octanol–water partition coefficient (Wildman–Crippen LogP) is 4.76. The van der Waals surface area contributed by atoms with Gasteiger partial charge in [0.1, 0.15) is 11.2 Å². The molecule has 0 amide bonds. The lowest BCUT2D eigenvalue weighted by atomic mass is 9.79. The van der Waals surface area contributed by atoms with Crippen molar-refractivity contribution in [1.29, 1.82) is 0 Å². The summed E-state index contributed by atoms with van der Waals surface area (Å²) in [6.07, 6.45) is 5.89. The third kappa shape index (κ3) is 3.92. The Kier molecular flexibility index (Phi) is 5.80. The maximum atomic E-state index is 9.73. The van der Waals surface area contributed by atoms with E-state index in [4.69, 9.17) is 19.4 Å².